The van der Waals surface area contributed by atoms with Crippen molar-refractivity contribution < 1.29 is 5.11 Å². The summed E-state index contributed by atoms with van der Waals surface area (Å²) in [5.74, 6) is 0. The van der Waals surface area contributed by atoms with Gasteiger partial charge in [-0.1, -0.05) is 24.3 Å². The fourth-order valence-electron chi connectivity index (χ4n) is 2.47. The Morgan fingerprint density at radius 1 is 1.17 bits per heavy atom. The maximum Gasteiger partial charge on any atom is 0.113 e. The van der Waals surface area contributed by atoms with Crippen LogP contribution >= 0.6 is 0 Å². The number of aliphatic hydroxyl groups is 1. The highest BCUT2D eigenvalue weighted by atomic mass is 16.3. The number of benzene rings is 1. The van der Waals surface area contributed by atoms with Gasteiger partial charge in [-0.15, -0.1) is 0 Å². The van der Waals surface area contributed by atoms with Crippen molar-refractivity contribution in [3.8, 4) is 0 Å². The first-order chi connectivity index (χ1) is 8.84. The third kappa shape index (κ3) is 2.09. The van der Waals surface area contributed by atoms with E-state index < -0.39 is 6.10 Å². The van der Waals surface area contributed by atoms with E-state index in [0.29, 0.717) is 6.54 Å². The summed E-state index contributed by atoms with van der Waals surface area (Å²) in [6, 6.07) is 14.0. The topological polar surface area (TPSA) is 36.4 Å². The molecule has 3 rings (SSSR count). The van der Waals surface area contributed by atoms with Gasteiger partial charge in [-0.25, -0.2) is 0 Å². The molecule has 1 aromatic carbocycles. The maximum absolute atomic E-state index is 10.2. The van der Waals surface area contributed by atoms with Crippen molar-refractivity contribution in [3.63, 3.8) is 0 Å². The second kappa shape index (κ2) is 4.78. The van der Waals surface area contributed by atoms with Gasteiger partial charge in [-0.05, 0) is 30.2 Å². The fourth-order valence-corrected chi connectivity index (χ4v) is 2.47. The third-order valence-corrected chi connectivity index (χ3v) is 3.41. The second-order valence-electron chi connectivity index (χ2n) is 4.60. The van der Waals surface area contributed by atoms with Crippen molar-refractivity contribution in [2.75, 3.05) is 18.0 Å². The summed E-state index contributed by atoms with van der Waals surface area (Å²) in [5.41, 5.74) is 3.35. The summed E-state index contributed by atoms with van der Waals surface area (Å²) in [5, 5.41) is 10.2. The number of aromatic nitrogens is 1. The van der Waals surface area contributed by atoms with Gasteiger partial charge in [-0.3, -0.25) is 4.98 Å². The monoisotopic (exact) mass is 240 g/mol. The third-order valence-electron chi connectivity index (χ3n) is 3.41. The Balaban J connectivity index is 1.75. The molecule has 0 aliphatic carbocycles. The lowest BCUT2D eigenvalue weighted by atomic mass is 10.2. The summed E-state index contributed by atoms with van der Waals surface area (Å²) in [4.78, 5) is 6.43. The minimum atomic E-state index is -0.530. The van der Waals surface area contributed by atoms with Crippen molar-refractivity contribution in [3.05, 3.63) is 59.9 Å². The first-order valence-electron chi connectivity index (χ1n) is 6.26. The van der Waals surface area contributed by atoms with Crippen LogP contribution in [0.4, 0.5) is 5.69 Å². The smallest absolute Gasteiger partial charge is 0.113 e. The van der Waals surface area contributed by atoms with Gasteiger partial charge in [-0.2, -0.15) is 0 Å². The number of nitrogens with zero attached hydrogens (tertiary/aromatic N) is 2. The molecule has 18 heavy (non-hydrogen) atoms. The van der Waals surface area contributed by atoms with Gasteiger partial charge < -0.3 is 10.0 Å². The highest BCUT2D eigenvalue weighted by molar-refractivity contribution is 5.57. The van der Waals surface area contributed by atoms with E-state index in [0.717, 1.165) is 18.7 Å². The number of fused-ring (bicyclic) bond motifs is 1. The van der Waals surface area contributed by atoms with Crippen LogP contribution in [0.15, 0.2) is 48.7 Å². The Hall–Kier alpha value is -1.87. The number of pyridine rings is 1. The molecule has 92 valence electrons. The molecule has 1 aliphatic heterocycles. The lowest BCUT2D eigenvalue weighted by molar-refractivity contribution is 0.179. The Labute approximate surface area is 107 Å². The highest BCUT2D eigenvalue weighted by Gasteiger charge is 2.21. The minimum Gasteiger partial charge on any atom is -0.385 e. The lowest BCUT2D eigenvalue weighted by Crippen LogP contribution is -2.26. The van der Waals surface area contributed by atoms with Gasteiger partial charge in [0, 0.05) is 25.0 Å². The van der Waals surface area contributed by atoms with Crippen LogP contribution in [0, 0.1) is 0 Å². The number of hydrogen-bond acceptors (Lipinski definition) is 3. The van der Waals surface area contributed by atoms with E-state index in [4.69, 9.17) is 0 Å². The SMILES string of the molecule is OC(CN1CCc2ccccc21)c1ccccn1. The van der Waals surface area contributed by atoms with Crippen molar-refractivity contribution in [2.24, 2.45) is 0 Å². The molecular weight excluding hydrogens is 224 g/mol. The Morgan fingerprint density at radius 3 is 2.83 bits per heavy atom. The molecule has 3 nitrogen and oxygen atoms in total. The fraction of sp³-hybridized carbons (Fsp3) is 0.267. The Bertz CT molecular complexity index is 527. The highest BCUT2D eigenvalue weighted by Crippen LogP contribution is 2.28. The summed E-state index contributed by atoms with van der Waals surface area (Å²) in [6.45, 7) is 1.58. The first kappa shape index (κ1) is 11.2. The van der Waals surface area contributed by atoms with Crippen LogP contribution in [0.3, 0.4) is 0 Å². The molecule has 1 atom stereocenters. The first-order valence-corrected chi connectivity index (χ1v) is 6.26. The zero-order valence-electron chi connectivity index (χ0n) is 10.2. The van der Waals surface area contributed by atoms with Gasteiger partial charge >= 0.3 is 0 Å². The van der Waals surface area contributed by atoms with Crippen LogP contribution in [0.1, 0.15) is 17.4 Å². The molecule has 2 aromatic rings. The van der Waals surface area contributed by atoms with Crippen molar-refractivity contribution in [1.82, 2.24) is 4.98 Å². The molecule has 0 fully saturated rings. The molecular formula is C15H16N2O. The van der Waals surface area contributed by atoms with Gasteiger partial charge in [0.15, 0.2) is 0 Å². The van der Waals surface area contributed by atoms with Crippen molar-refractivity contribution >= 4 is 5.69 Å². The normalized spacial score (nSPS) is 15.5. The van der Waals surface area contributed by atoms with Gasteiger partial charge in [0.1, 0.15) is 6.10 Å². The predicted molar refractivity (Wildman–Crippen MR) is 71.6 cm³/mol. The summed E-state index contributed by atoms with van der Waals surface area (Å²) < 4.78 is 0. The van der Waals surface area contributed by atoms with Crippen LogP contribution in [0.5, 0.6) is 0 Å². The molecule has 0 saturated carbocycles. The van der Waals surface area contributed by atoms with Gasteiger partial charge in [0.2, 0.25) is 0 Å². The zero-order valence-corrected chi connectivity index (χ0v) is 10.2. The lowest BCUT2D eigenvalue weighted by Gasteiger charge is -2.22. The summed E-state index contributed by atoms with van der Waals surface area (Å²) >= 11 is 0. The second-order valence-corrected chi connectivity index (χ2v) is 4.60. The van der Waals surface area contributed by atoms with Crippen LogP contribution in [0.25, 0.3) is 0 Å². The van der Waals surface area contributed by atoms with E-state index >= 15 is 0 Å². The number of anilines is 1. The van der Waals surface area contributed by atoms with Crippen LogP contribution < -0.4 is 4.90 Å². The number of β-amino-alcohol motifs (C(OH)–C–C–N with tert-alkyl or cyclic N) is 1. The average Bonchev–Trinajstić information content (AvgIpc) is 2.83. The van der Waals surface area contributed by atoms with E-state index in [9.17, 15) is 5.11 Å². The number of rotatable bonds is 3. The molecule has 1 aliphatic rings. The molecule has 1 aromatic heterocycles. The molecule has 0 bridgehead atoms. The molecule has 0 amide bonds. The Kier molecular flexibility index (Phi) is 2.99. The van der Waals surface area contributed by atoms with Crippen LogP contribution in [-0.4, -0.2) is 23.2 Å². The van der Waals surface area contributed by atoms with Crippen LogP contribution in [-0.2, 0) is 6.42 Å². The molecule has 0 spiro atoms. The maximum atomic E-state index is 10.2. The van der Waals surface area contributed by atoms with E-state index in [1.165, 1.54) is 11.3 Å². The Morgan fingerprint density at radius 2 is 2.00 bits per heavy atom. The standard InChI is InChI=1S/C15H16N2O/c18-15(13-6-3-4-9-16-13)11-17-10-8-12-5-1-2-7-14(12)17/h1-7,9,15,18H,8,10-11H2. The van der Waals surface area contributed by atoms with E-state index in [2.05, 4.69) is 28.1 Å². The molecule has 2 heterocycles. The molecule has 1 unspecified atom stereocenters. The summed E-state index contributed by atoms with van der Waals surface area (Å²) in [6.07, 6.45) is 2.25. The average molecular weight is 240 g/mol. The van der Waals surface area contributed by atoms with Gasteiger partial charge in [0.25, 0.3) is 0 Å². The van der Waals surface area contributed by atoms with Gasteiger partial charge in [0.05, 0.1) is 5.69 Å². The zero-order chi connectivity index (χ0) is 12.4. The number of hydrogen-bond donors (Lipinski definition) is 1. The van der Waals surface area contributed by atoms with E-state index in [-0.39, 0.29) is 0 Å². The quantitative estimate of drug-likeness (QED) is 0.893. The molecule has 0 saturated heterocycles. The number of aliphatic hydroxyl groups excluding tert-OH is 1. The largest absolute Gasteiger partial charge is 0.385 e. The molecule has 1 N–H and O–H groups in total. The predicted octanol–water partition coefficient (Wildman–Crippen LogP) is 2.18. The minimum absolute atomic E-state index is 0.530. The van der Waals surface area contributed by atoms with E-state index in [1.807, 2.05) is 24.3 Å². The summed E-state index contributed by atoms with van der Waals surface area (Å²) in [7, 11) is 0. The van der Waals surface area contributed by atoms with E-state index in [1.54, 1.807) is 6.20 Å². The molecule has 3 heteroatoms. The van der Waals surface area contributed by atoms with Crippen LogP contribution in [0.2, 0.25) is 0 Å². The molecule has 0 radical (unpaired) electrons. The number of para-hydroxylation sites is 1. The van der Waals surface area contributed by atoms with Crippen molar-refractivity contribution in [2.45, 2.75) is 12.5 Å². The van der Waals surface area contributed by atoms with Crippen molar-refractivity contribution in [1.29, 1.82) is 0 Å².